The van der Waals surface area contributed by atoms with Crippen LogP contribution in [0.5, 0.6) is 0 Å². The standard InChI is InChI=1S/C11H17NS/c1-2-4-10(3-1)7-12-8-11-5-6-13-9-11/h5-6,9-10,12H,1-4,7-8H2. The molecule has 0 aromatic carbocycles. The molecule has 1 aromatic heterocycles. The summed E-state index contributed by atoms with van der Waals surface area (Å²) < 4.78 is 0. The summed E-state index contributed by atoms with van der Waals surface area (Å²) in [5, 5.41) is 7.91. The molecule has 1 aliphatic rings. The zero-order chi connectivity index (χ0) is 8.93. The number of nitrogens with one attached hydrogen (secondary N) is 1. The van der Waals surface area contributed by atoms with Gasteiger partial charge >= 0.3 is 0 Å². The maximum Gasteiger partial charge on any atom is 0.0213 e. The number of thiophene rings is 1. The van der Waals surface area contributed by atoms with Crippen molar-refractivity contribution in [3.8, 4) is 0 Å². The van der Waals surface area contributed by atoms with Crippen molar-refractivity contribution in [3.63, 3.8) is 0 Å². The Morgan fingerprint density at radius 3 is 2.92 bits per heavy atom. The van der Waals surface area contributed by atoms with Crippen LogP contribution in [0.25, 0.3) is 0 Å². The Kier molecular flexibility index (Phi) is 3.39. The van der Waals surface area contributed by atoms with E-state index >= 15 is 0 Å². The lowest BCUT2D eigenvalue weighted by atomic mass is 10.1. The molecule has 0 atom stereocenters. The van der Waals surface area contributed by atoms with Gasteiger partial charge in [0.2, 0.25) is 0 Å². The minimum Gasteiger partial charge on any atom is -0.312 e. The fraction of sp³-hybridized carbons (Fsp3) is 0.636. The molecule has 0 radical (unpaired) electrons. The monoisotopic (exact) mass is 195 g/mol. The summed E-state index contributed by atoms with van der Waals surface area (Å²) in [6.45, 7) is 2.27. The molecule has 1 heterocycles. The molecule has 0 amide bonds. The van der Waals surface area contributed by atoms with Crippen LogP contribution in [0.3, 0.4) is 0 Å². The van der Waals surface area contributed by atoms with Gasteiger partial charge in [-0.2, -0.15) is 11.3 Å². The first-order chi connectivity index (χ1) is 6.45. The second-order valence-corrected chi connectivity index (χ2v) is 4.69. The highest BCUT2D eigenvalue weighted by Gasteiger charge is 2.13. The summed E-state index contributed by atoms with van der Waals surface area (Å²) in [5.74, 6) is 0.957. The Morgan fingerprint density at radius 2 is 2.23 bits per heavy atom. The van der Waals surface area contributed by atoms with Crippen LogP contribution in [-0.2, 0) is 6.54 Å². The van der Waals surface area contributed by atoms with Crippen molar-refractivity contribution in [2.24, 2.45) is 5.92 Å². The maximum atomic E-state index is 3.54. The topological polar surface area (TPSA) is 12.0 Å². The number of hydrogen-bond acceptors (Lipinski definition) is 2. The van der Waals surface area contributed by atoms with Crippen LogP contribution in [0.4, 0.5) is 0 Å². The Balaban J connectivity index is 1.63. The molecule has 1 fully saturated rings. The highest BCUT2D eigenvalue weighted by molar-refractivity contribution is 7.07. The zero-order valence-corrected chi connectivity index (χ0v) is 8.78. The summed E-state index contributed by atoms with van der Waals surface area (Å²) in [5.41, 5.74) is 1.43. The quantitative estimate of drug-likeness (QED) is 0.778. The molecular weight excluding hydrogens is 178 g/mol. The molecule has 0 unspecified atom stereocenters. The Morgan fingerprint density at radius 1 is 1.38 bits per heavy atom. The lowest BCUT2D eigenvalue weighted by molar-refractivity contribution is 0.489. The highest BCUT2D eigenvalue weighted by atomic mass is 32.1. The fourth-order valence-corrected chi connectivity index (χ4v) is 2.70. The third-order valence-electron chi connectivity index (χ3n) is 2.82. The summed E-state index contributed by atoms with van der Waals surface area (Å²) in [7, 11) is 0. The molecule has 1 aliphatic carbocycles. The van der Waals surface area contributed by atoms with Gasteiger partial charge in [0.05, 0.1) is 0 Å². The molecule has 13 heavy (non-hydrogen) atoms. The third kappa shape index (κ3) is 2.82. The first-order valence-electron chi connectivity index (χ1n) is 5.17. The van der Waals surface area contributed by atoms with Crippen LogP contribution < -0.4 is 5.32 Å². The molecule has 1 aromatic rings. The third-order valence-corrected chi connectivity index (χ3v) is 3.55. The van der Waals surface area contributed by atoms with Crippen molar-refractivity contribution in [1.82, 2.24) is 5.32 Å². The van der Waals surface area contributed by atoms with Gasteiger partial charge in [-0.15, -0.1) is 0 Å². The van der Waals surface area contributed by atoms with Crippen LogP contribution in [0.1, 0.15) is 31.2 Å². The Bertz CT molecular complexity index is 224. The molecule has 2 heteroatoms. The van der Waals surface area contributed by atoms with Gasteiger partial charge in [-0.05, 0) is 47.7 Å². The molecule has 1 nitrogen and oxygen atoms in total. The van der Waals surface area contributed by atoms with Crippen LogP contribution in [0.2, 0.25) is 0 Å². The van der Waals surface area contributed by atoms with Crippen LogP contribution >= 0.6 is 11.3 Å². The lowest BCUT2D eigenvalue weighted by Gasteiger charge is -2.09. The van der Waals surface area contributed by atoms with Gasteiger partial charge in [-0.3, -0.25) is 0 Å². The lowest BCUT2D eigenvalue weighted by Crippen LogP contribution is -2.20. The molecule has 0 spiro atoms. The van der Waals surface area contributed by atoms with Crippen LogP contribution in [-0.4, -0.2) is 6.54 Å². The normalized spacial score (nSPS) is 18.2. The van der Waals surface area contributed by atoms with E-state index in [0.717, 1.165) is 12.5 Å². The van der Waals surface area contributed by atoms with E-state index in [1.807, 2.05) is 0 Å². The minimum atomic E-state index is 0.957. The summed E-state index contributed by atoms with van der Waals surface area (Å²) >= 11 is 1.78. The number of rotatable bonds is 4. The number of hydrogen-bond donors (Lipinski definition) is 1. The highest BCUT2D eigenvalue weighted by Crippen LogP contribution is 2.23. The predicted octanol–water partition coefficient (Wildman–Crippen LogP) is 3.03. The Labute approximate surface area is 84.2 Å². The van der Waals surface area contributed by atoms with E-state index in [2.05, 4.69) is 22.1 Å². The molecule has 2 rings (SSSR count). The second kappa shape index (κ2) is 4.77. The molecule has 1 N–H and O–H groups in total. The van der Waals surface area contributed by atoms with E-state index in [9.17, 15) is 0 Å². The smallest absolute Gasteiger partial charge is 0.0213 e. The Hall–Kier alpha value is -0.340. The van der Waals surface area contributed by atoms with E-state index in [1.165, 1.54) is 37.8 Å². The second-order valence-electron chi connectivity index (χ2n) is 3.91. The van der Waals surface area contributed by atoms with Crippen molar-refractivity contribution < 1.29 is 0 Å². The molecule has 1 saturated carbocycles. The first-order valence-corrected chi connectivity index (χ1v) is 6.11. The predicted molar refractivity (Wildman–Crippen MR) is 58.0 cm³/mol. The molecule has 0 saturated heterocycles. The van der Waals surface area contributed by atoms with Crippen molar-refractivity contribution >= 4 is 11.3 Å². The fourth-order valence-electron chi connectivity index (χ4n) is 2.03. The zero-order valence-electron chi connectivity index (χ0n) is 7.96. The van der Waals surface area contributed by atoms with Gasteiger partial charge in [0.15, 0.2) is 0 Å². The van der Waals surface area contributed by atoms with Crippen molar-refractivity contribution in [2.45, 2.75) is 32.2 Å². The summed E-state index contributed by atoms with van der Waals surface area (Å²) in [4.78, 5) is 0. The van der Waals surface area contributed by atoms with Gasteiger partial charge < -0.3 is 5.32 Å². The maximum absolute atomic E-state index is 3.54. The van der Waals surface area contributed by atoms with E-state index in [1.54, 1.807) is 11.3 Å². The van der Waals surface area contributed by atoms with E-state index < -0.39 is 0 Å². The average molecular weight is 195 g/mol. The van der Waals surface area contributed by atoms with Gasteiger partial charge in [0, 0.05) is 6.54 Å². The van der Waals surface area contributed by atoms with E-state index in [4.69, 9.17) is 0 Å². The molecule has 0 aliphatic heterocycles. The van der Waals surface area contributed by atoms with Crippen LogP contribution in [0.15, 0.2) is 16.8 Å². The van der Waals surface area contributed by atoms with Gasteiger partial charge in [-0.1, -0.05) is 12.8 Å². The SMILES string of the molecule is c1cc(CNCC2CCCC2)cs1. The first kappa shape index (κ1) is 9.22. The van der Waals surface area contributed by atoms with E-state index in [0.29, 0.717) is 0 Å². The van der Waals surface area contributed by atoms with Crippen LogP contribution in [0, 0.1) is 5.92 Å². The summed E-state index contributed by atoms with van der Waals surface area (Å²) in [6.07, 6.45) is 5.78. The summed E-state index contributed by atoms with van der Waals surface area (Å²) in [6, 6.07) is 2.20. The largest absolute Gasteiger partial charge is 0.312 e. The minimum absolute atomic E-state index is 0.957. The van der Waals surface area contributed by atoms with Crippen molar-refractivity contribution in [2.75, 3.05) is 6.54 Å². The average Bonchev–Trinajstić information content (AvgIpc) is 2.75. The molecule has 72 valence electrons. The van der Waals surface area contributed by atoms with Crippen molar-refractivity contribution in [3.05, 3.63) is 22.4 Å². The molecular formula is C11H17NS. The van der Waals surface area contributed by atoms with E-state index in [-0.39, 0.29) is 0 Å². The van der Waals surface area contributed by atoms with Gasteiger partial charge in [-0.25, -0.2) is 0 Å². The van der Waals surface area contributed by atoms with Gasteiger partial charge in [0.1, 0.15) is 0 Å². The van der Waals surface area contributed by atoms with Crippen molar-refractivity contribution in [1.29, 1.82) is 0 Å². The van der Waals surface area contributed by atoms with Gasteiger partial charge in [0.25, 0.3) is 0 Å². The molecule has 0 bridgehead atoms.